The molecule has 4 heterocycles. The number of unbranched alkanes of at least 4 members (excludes halogenated alkanes) is 6. The third-order valence-electron chi connectivity index (χ3n) is 10.4. The molecule has 6 rings (SSSR count). The highest BCUT2D eigenvalue weighted by Gasteiger charge is 2.38. The predicted octanol–water partition coefficient (Wildman–Crippen LogP) is 7.81. The van der Waals surface area contributed by atoms with E-state index in [1.807, 2.05) is 49.1 Å². The summed E-state index contributed by atoms with van der Waals surface area (Å²) < 4.78 is 11.8. The van der Waals surface area contributed by atoms with E-state index in [0.717, 1.165) is 74.6 Å². The van der Waals surface area contributed by atoms with Gasteiger partial charge >= 0.3 is 5.97 Å². The number of benzene rings is 2. The Balaban J connectivity index is 1.06. The van der Waals surface area contributed by atoms with Crippen LogP contribution in [0.5, 0.6) is 0 Å². The number of nitrogens with one attached hydrogen (secondary N) is 3. The van der Waals surface area contributed by atoms with Crippen molar-refractivity contribution in [3.05, 3.63) is 77.3 Å². The van der Waals surface area contributed by atoms with E-state index in [1.54, 1.807) is 19.3 Å². The molecule has 13 nitrogen and oxygen atoms in total. The van der Waals surface area contributed by atoms with Gasteiger partial charge in [-0.25, -0.2) is 9.78 Å². The van der Waals surface area contributed by atoms with Gasteiger partial charge in [0.2, 0.25) is 23.7 Å². The first-order chi connectivity index (χ1) is 26.1. The van der Waals surface area contributed by atoms with Gasteiger partial charge in [-0.3, -0.25) is 9.59 Å². The van der Waals surface area contributed by atoms with Crippen molar-refractivity contribution in [3.8, 4) is 11.5 Å². The van der Waals surface area contributed by atoms with E-state index < -0.39 is 5.60 Å². The lowest BCUT2D eigenvalue weighted by molar-refractivity contribution is -0.132. The molecule has 2 aromatic heterocycles. The van der Waals surface area contributed by atoms with Crippen LogP contribution in [0.25, 0.3) is 11.5 Å². The van der Waals surface area contributed by atoms with Crippen molar-refractivity contribution >= 4 is 35.2 Å². The monoisotopic (exact) mass is 736 g/mol. The zero-order chi connectivity index (χ0) is 38.1. The number of hydrogen-bond acceptors (Lipinski definition) is 11. The zero-order valence-electron chi connectivity index (χ0n) is 31.8. The smallest absolute Gasteiger partial charge is 0.339 e. The van der Waals surface area contributed by atoms with Gasteiger partial charge in [0, 0.05) is 62.4 Å². The molecule has 0 bridgehead atoms. The molecule has 1 atom stereocenters. The second kappa shape index (κ2) is 17.7. The van der Waals surface area contributed by atoms with Gasteiger partial charge in [0.25, 0.3) is 5.89 Å². The molecule has 1 unspecified atom stereocenters. The Morgan fingerprint density at radius 3 is 2.35 bits per heavy atom. The molecule has 0 radical (unpaired) electrons. The molecule has 4 aromatic rings. The van der Waals surface area contributed by atoms with Gasteiger partial charge in [-0.2, -0.15) is 4.98 Å². The molecule has 3 N–H and O–H groups in total. The van der Waals surface area contributed by atoms with Crippen molar-refractivity contribution in [2.75, 3.05) is 30.8 Å². The highest BCUT2D eigenvalue weighted by Crippen LogP contribution is 2.38. The number of nitrogens with zero attached hydrogens (tertiary/aromatic N) is 5. The highest BCUT2D eigenvalue weighted by molar-refractivity contribution is 5.95. The van der Waals surface area contributed by atoms with Gasteiger partial charge in [-0.05, 0) is 70.2 Å². The minimum absolute atomic E-state index is 0.0557. The van der Waals surface area contributed by atoms with Crippen LogP contribution in [-0.4, -0.2) is 63.0 Å². The summed E-state index contributed by atoms with van der Waals surface area (Å²) in [6, 6.07) is 15.4. The van der Waals surface area contributed by atoms with E-state index in [9.17, 15) is 14.4 Å². The number of anilines is 3. The predicted molar refractivity (Wildman–Crippen MR) is 206 cm³/mol. The van der Waals surface area contributed by atoms with Crippen molar-refractivity contribution in [1.82, 2.24) is 30.4 Å². The average molecular weight is 737 g/mol. The number of ether oxygens (including phenoxy) is 1. The maximum absolute atomic E-state index is 13.0. The number of fused-ring (bicyclic) bond motifs is 1. The minimum Gasteiger partial charge on any atom is -0.451 e. The lowest BCUT2D eigenvalue weighted by Gasteiger charge is -2.30. The number of aromatic nitrogens is 4. The largest absolute Gasteiger partial charge is 0.451 e. The summed E-state index contributed by atoms with van der Waals surface area (Å²) in [5.74, 6) is 1.80. The number of amides is 2. The van der Waals surface area contributed by atoms with Gasteiger partial charge in [-0.1, -0.05) is 62.4 Å². The van der Waals surface area contributed by atoms with E-state index in [0.29, 0.717) is 60.6 Å². The van der Waals surface area contributed by atoms with Gasteiger partial charge in [0.05, 0.1) is 11.1 Å². The van der Waals surface area contributed by atoms with E-state index in [4.69, 9.17) is 14.1 Å². The molecule has 0 aliphatic carbocycles. The number of hydrogen-bond donors (Lipinski definition) is 3. The Kier molecular flexibility index (Phi) is 12.6. The van der Waals surface area contributed by atoms with Crippen LogP contribution in [-0.2, 0) is 19.9 Å². The number of cyclic esters (lactones) is 1. The van der Waals surface area contributed by atoms with Crippen LogP contribution in [0.3, 0.4) is 0 Å². The van der Waals surface area contributed by atoms with Gasteiger partial charge in [-0.15, -0.1) is 10.2 Å². The van der Waals surface area contributed by atoms with Crippen LogP contribution in [0.4, 0.5) is 17.5 Å². The Morgan fingerprint density at radius 1 is 0.926 bits per heavy atom. The standard InChI is InChI=1S/C41H52N8O5/c1-27(28-15-11-10-12-16-28)44-36-32(26-43-40(46-36)45-30-19-20-31-33(25-30)41(2,3)54-39(31)52)38-48-47-37(53-38)29-21-23-49(24-22-29)35(51)18-14-9-7-5-6-8-13-17-34(50)42-4/h10-12,15-16,19-20,25-27,29H,5-9,13-14,17-18,21-24H2,1-4H3,(H,42,50)(H2,43,44,45,46). The van der Waals surface area contributed by atoms with E-state index in [-0.39, 0.29) is 29.7 Å². The van der Waals surface area contributed by atoms with Gasteiger partial charge < -0.3 is 30.0 Å². The maximum atomic E-state index is 13.0. The van der Waals surface area contributed by atoms with Crippen molar-refractivity contribution in [2.45, 2.75) is 109 Å². The van der Waals surface area contributed by atoms with Crippen LogP contribution in [0, 0.1) is 0 Å². The molecule has 2 amide bonds. The third-order valence-corrected chi connectivity index (χ3v) is 10.4. The topological polar surface area (TPSA) is 164 Å². The fraction of sp³-hybridized carbons (Fsp3) is 0.488. The molecule has 54 heavy (non-hydrogen) atoms. The Bertz CT molecular complexity index is 1900. The third kappa shape index (κ3) is 9.61. The molecule has 13 heteroatoms. The van der Waals surface area contributed by atoms with E-state index in [1.165, 1.54) is 0 Å². The Labute approximate surface area is 317 Å². The van der Waals surface area contributed by atoms with Crippen LogP contribution < -0.4 is 16.0 Å². The Morgan fingerprint density at radius 2 is 1.63 bits per heavy atom. The highest BCUT2D eigenvalue weighted by atomic mass is 16.6. The number of carbonyl (C=O) groups is 3. The van der Waals surface area contributed by atoms with Crippen molar-refractivity contribution in [2.24, 2.45) is 0 Å². The van der Waals surface area contributed by atoms with Crippen LogP contribution >= 0.6 is 0 Å². The molecular weight excluding hydrogens is 685 g/mol. The van der Waals surface area contributed by atoms with Gasteiger partial charge in [0.1, 0.15) is 11.4 Å². The van der Waals surface area contributed by atoms with Crippen molar-refractivity contribution in [3.63, 3.8) is 0 Å². The molecule has 1 saturated heterocycles. The number of carbonyl (C=O) groups excluding carboxylic acids is 3. The number of esters is 1. The molecule has 0 saturated carbocycles. The first kappa shape index (κ1) is 38.4. The molecule has 2 aliphatic heterocycles. The molecule has 1 fully saturated rings. The summed E-state index contributed by atoms with van der Waals surface area (Å²) in [7, 11) is 1.67. The van der Waals surface area contributed by atoms with Crippen molar-refractivity contribution in [1.29, 1.82) is 0 Å². The molecule has 2 aliphatic rings. The lowest BCUT2D eigenvalue weighted by atomic mass is 9.95. The lowest BCUT2D eigenvalue weighted by Crippen LogP contribution is -2.37. The summed E-state index contributed by atoms with van der Waals surface area (Å²) in [6.07, 6.45) is 11.7. The van der Waals surface area contributed by atoms with Crippen LogP contribution in [0.1, 0.15) is 131 Å². The normalized spacial score (nSPS) is 15.7. The first-order valence-electron chi connectivity index (χ1n) is 19.3. The summed E-state index contributed by atoms with van der Waals surface area (Å²) in [4.78, 5) is 48.0. The molecule has 2 aromatic carbocycles. The van der Waals surface area contributed by atoms with Crippen LogP contribution in [0.15, 0.2) is 59.1 Å². The van der Waals surface area contributed by atoms with Crippen molar-refractivity contribution < 1.29 is 23.5 Å². The number of likely N-dealkylation sites (tertiary alicyclic amines) is 1. The van der Waals surface area contributed by atoms with Crippen LogP contribution in [0.2, 0.25) is 0 Å². The Hall–Kier alpha value is -5.33. The minimum atomic E-state index is -0.730. The zero-order valence-corrected chi connectivity index (χ0v) is 31.8. The van der Waals surface area contributed by atoms with Gasteiger partial charge in [0.15, 0.2) is 0 Å². The molecule has 286 valence electrons. The quantitative estimate of drug-likeness (QED) is 0.0715. The number of piperidine rings is 1. The first-order valence-corrected chi connectivity index (χ1v) is 19.3. The second-order valence-electron chi connectivity index (χ2n) is 14.8. The van der Waals surface area contributed by atoms with E-state index in [2.05, 4.69) is 50.2 Å². The average Bonchev–Trinajstić information content (AvgIpc) is 3.76. The number of rotatable bonds is 17. The fourth-order valence-electron chi connectivity index (χ4n) is 7.12. The summed E-state index contributed by atoms with van der Waals surface area (Å²) >= 11 is 0. The molecular formula is C41H52N8O5. The SMILES string of the molecule is CNC(=O)CCCCCCCCCC(=O)N1CCC(c2nnc(-c3cnc(Nc4ccc5c(c4)C(C)(C)OC5=O)nc3NC(C)c3ccccc3)o2)CC1. The fourth-order valence-corrected chi connectivity index (χ4v) is 7.12. The summed E-state index contributed by atoms with van der Waals surface area (Å²) in [5, 5.41) is 18.3. The molecule has 0 spiro atoms. The summed E-state index contributed by atoms with van der Waals surface area (Å²) in [6.45, 7) is 7.12. The second-order valence-corrected chi connectivity index (χ2v) is 14.8. The van der Waals surface area contributed by atoms with E-state index >= 15 is 0 Å². The summed E-state index contributed by atoms with van der Waals surface area (Å²) in [5.41, 5.74) is 3.01. The maximum Gasteiger partial charge on any atom is 0.339 e.